The molecule has 0 amide bonds. The van der Waals surface area contributed by atoms with Crippen LogP contribution in [-0.2, 0) is 0 Å². The Morgan fingerprint density at radius 2 is 1.88 bits per heavy atom. The number of para-hydroxylation sites is 1. The number of fused-ring (bicyclic) bond motifs is 1. The number of aromatic hydroxyl groups is 2. The molecule has 0 radical (unpaired) electrons. The quantitative estimate of drug-likeness (QED) is 0.437. The lowest BCUT2D eigenvalue weighted by molar-refractivity contribution is 0.112. The number of phenolic OH excluding ortho intramolecular Hbond substituents is 2. The van der Waals surface area contributed by atoms with E-state index in [1.165, 1.54) is 22.9 Å². The summed E-state index contributed by atoms with van der Waals surface area (Å²) in [5.74, 6) is 0.470. The van der Waals surface area contributed by atoms with E-state index in [0.29, 0.717) is 17.7 Å². The predicted octanol–water partition coefficient (Wildman–Crippen LogP) is 3.62. The molecule has 2 aromatic carbocycles. The maximum Gasteiger partial charge on any atom is 0.154 e. The first kappa shape index (κ1) is 15.8. The molecule has 0 fully saturated rings. The Labute approximate surface area is 149 Å². The van der Waals surface area contributed by atoms with Crippen LogP contribution >= 0.6 is 0 Å². The van der Waals surface area contributed by atoms with Crippen LogP contribution in [0.15, 0.2) is 54.7 Å². The molecule has 26 heavy (non-hydrogen) atoms. The number of hydrogen-bond donors (Lipinski definition) is 2. The SMILES string of the molecule is Cc1cc(-n2cc(C=O)c(-c3cc(O)ccc3O)n2)nc2ccccc12. The highest BCUT2D eigenvalue weighted by Crippen LogP contribution is 2.33. The van der Waals surface area contributed by atoms with Crippen LogP contribution in [0.2, 0.25) is 0 Å². The largest absolute Gasteiger partial charge is 0.508 e. The second-order valence-electron chi connectivity index (χ2n) is 6.01. The molecule has 0 unspecified atom stereocenters. The van der Waals surface area contributed by atoms with Crippen molar-refractivity contribution in [2.24, 2.45) is 0 Å². The van der Waals surface area contributed by atoms with Crippen molar-refractivity contribution in [2.45, 2.75) is 6.92 Å². The lowest BCUT2D eigenvalue weighted by atomic mass is 10.1. The van der Waals surface area contributed by atoms with Gasteiger partial charge < -0.3 is 10.2 Å². The number of hydrogen-bond acceptors (Lipinski definition) is 5. The van der Waals surface area contributed by atoms with E-state index in [9.17, 15) is 15.0 Å². The minimum atomic E-state index is -0.0706. The van der Waals surface area contributed by atoms with Crippen LogP contribution in [0.5, 0.6) is 11.5 Å². The third-order valence-corrected chi connectivity index (χ3v) is 4.25. The average Bonchev–Trinajstić information content (AvgIpc) is 3.08. The van der Waals surface area contributed by atoms with Gasteiger partial charge >= 0.3 is 0 Å². The zero-order valence-corrected chi connectivity index (χ0v) is 13.9. The van der Waals surface area contributed by atoms with E-state index in [1.54, 1.807) is 6.20 Å². The van der Waals surface area contributed by atoms with Gasteiger partial charge in [-0.3, -0.25) is 4.79 Å². The predicted molar refractivity (Wildman–Crippen MR) is 97.8 cm³/mol. The van der Waals surface area contributed by atoms with Gasteiger partial charge in [0.15, 0.2) is 12.1 Å². The molecule has 128 valence electrons. The number of rotatable bonds is 3. The Morgan fingerprint density at radius 1 is 1.08 bits per heavy atom. The van der Waals surface area contributed by atoms with Crippen molar-refractivity contribution in [2.75, 3.05) is 0 Å². The summed E-state index contributed by atoms with van der Waals surface area (Å²) in [6.07, 6.45) is 2.22. The normalized spacial score (nSPS) is 11.0. The van der Waals surface area contributed by atoms with Crippen LogP contribution in [-0.4, -0.2) is 31.3 Å². The van der Waals surface area contributed by atoms with Crippen LogP contribution in [0.4, 0.5) is 0 Å². The van der Waals surface area contributed by atoms with Crippen LogP contribution in [0.25, 0.3) is 28.0 Å². The summed E-state index contributed by atoms with van der Waals surface area (Å²) >= 11 is 0. The molecule has 0 atom stereocenters. The molecule has 2 heterocycles. The number of nitrogens with zero attached hydrogens (tertiary/aromatic N) is 3. The van der Waals surface area contributed by atoms with Crippen molar-refractivity contribution in [1.29, 1.82) is 0 Å². The second-order valence-corrected chi connectivity index (χ2v) is 6.01. The number of phenols is 2. The van der Waals surface area contributed by atoms with Gasteiger partial charge in [0.25, 0.3) is 0 Å². The maximum absolute atomic E-state index is 11.5. The van der Waals surface area contributed by atoms with E-state index in [2.05, 4.69) is 10.1 Å². The Hall–Kier alpha value is -3.67. The Balaban J connectivity index is 1.91. The van der Waals surface area contributed by atoms with Crippen LogP contribution in [0.3, 0.4) is 0 Å². The Bertz CT molecular complexity index is 1150. The zero-order chi connectivity index (χ0) is 18.3. The van der Waals surface area contributed by atoms with Gasteiger partial charge in [0.1, 0.15) is 17.2 Å². The molecule has 0 aliphatic heterocycles. The van der Waals surface area contributed by atoms with Crippen molar-refractivity contribution in [3.05, 3.63) is 65.9 Å². The lowest BCUT2D eigenvalue weighted by Gasteiger charge is -2.06. The molecule has 0 saturated heterocycles. The number of pyridine rings is 1. The number of aryl methyl sites for hydroxylation is 1. The van der Waals surface area contributed by atoms with E-state index in [0.717, 1.165) is 16.5 Å². The van der Waals surface area contributed by atoms with Gasteiger partial charge in [-0.2, -0.15) is 5.10 Å². The van der Waals surface area contributed by atoms with E-state index in [-0.39, 0.29) is 22.8 Å². The van der Waals surface area contributed by atoms with Gasteiger partial charge in [0.05, 0.1) is 11.1 Å². The fourth-order valence-corrected chi connectivity index (χ4v) is 2.96. The average molecular weight is 345 g/mol. The van der Waals surface area contributed by atoms with Gasteiger partial charge in [-0.15, -0.1) is 0 Å². The number of aromatic nitrogens is 3. The van der Waals surface area contributed by atoms with Crippen molar-refractivity contribution in [3.63, 3.8) is 0 Å². The third-order valence-electron chi connectivity index (χ3n) is 4.25. The standard InChI is InChI=1S/C20H15N3O3/c1-12-8-19(21-17-5-3-2-4-15(12)17)23-10-13(11-24)20(22-23)16-9-14(25)6-7-18(16)26/h2-11,25-26H,1H3. The van der Waals surface area contributed by atoms with Crippen molar-refractivity contribution >= 4 is 17.2 Å². The molecule has 0 bridgehead atoms. The molecule has 0 aliphatic carbocycles. The summed E-state index contributed by atoms with van der Waals surface area (Å²) in [6, 6.07) is 13.8. The van der Waals surface area contributed by atoms with E-state index < -0.39 is 0 Å². The summed E-state index contributed by atoms with van der Waals surface area (Å²) in [5, 5.41) is 25.2. The highest BCUT2D eigenvalue weighted by atomic mass is 16.3. The monoisotopic (exact) mass is 345 g/mol. The first-order chi connectivity index (χ1) is 12.6. The van der Waals surface area contributed by atoms with Crippen LogP contribution < -0.4 is 0 Å². The number of benzene rings is 2. The minimum absolute atomic E-state index is 0.0242. The molecular weight excluding hydrogens is 330 g/mol. The van der Waals surface area contributed by atoms with Gasteiger partial charge in [-0.1, -0.05) is 18.2 Å². The lowest BCUT2D eigenvalue weighted by Crippen LogP contribution is -2.00. The minimum Gasteiger partial charge on any atom is -0.508 e. The third kappa shape index (κ3) is 2.57. The summed E-state index contributed by atoms with van der Waals surface area (Å²) < 4.78 is 1.50. The number of aldehydes is 1. The number of carbonyl (C=O) groups excluding carboxylic acids is 1. The molecular formula is C20H15N3O3. The fourth-order valence-electron chi connectivity index (χ4n) is 2.96. The van der Waals surface area contributed by atoms with E-state index in [1.807, 2.05) is 37.3 Å². The van der Waals surface area contributed by atoms with Crippen molar-refractivity contribution < 1.29 is 15.0 Å². The van der Waals surface area contributed by atoms with Crippen molar-refractivity contribution in [1.82, 2.24) is 14.8 Å². The van der Waals surface area contributed by atoms with Gasteiger partial charge in [0, 0.05) is 17.1 Å². The van der Waals surface area contributed by atoms with Crippen LogP contribution in [0, 0.1) is 6.92 Å². The highest BCUT2D eigenvalue weighted by molar-refractivity contribution is 5.88. The summed E-state index contributed by atoms with van der Waals surface area (Å²) in [6.45, 7) is 1.99. The highest BCUT2D eigenvalue weighted by Gasteiger charge is 2.16. The second kappa shape index (κ2) is 6.00. The summed E-state index contributed by atoms with van der Waals surface area (Å²) in [7, 11) is 0. The Kier molecular flexibility index (Phi) is 3.65. The first-order valence-electron chi connectivity index (χ1n) is 8.01. The van der Waals surface area contributed by atoms with Gasteiger partial charge in [-0.25, -0.2) is 9.67 Å². The molecule has 0 spiro atoms. The molecule has 6 heteroatoms. The number of carbonyl (C=O) groups is 1. The molecule has 6 nitrogen and oxygen atoms in total. The van der Waals surface area contributed by atoms with Crippen molar-refractivity contribution in [3.8, 4) is 28.6 Å². The van der Waals surface area contributed by atoms with E-state index in [4.69, 9.17) is 0 Å². The fraction of sp³-hybridized carbons (Fsp3) is 0.0500. The molecule has 4 rings (SSSR count). The van der Waals surface area contributed by atoms with Crippen LogP contribution in [0.1, 0.15) is 15.9 Å². The topological polar surface area (TPSA) is 88.2 Å². The smallest absolute Gasteiger partial charge is 0.154 e. The zero-order valence-electron chi connectivity index (χ0n) is 13.9. The van der Waals surface area contributed by atoms with Gasteiger partial charge in [-0.05, 0) is 42.8 Å². The Morgan fingerprint density at radius 3 is 2.69 bits per heavy atom. The first-order valence-corrected chi connectivity index (χ1v) is 8.01. The molecule has 2 aromatic heterocycles. The summed E-state index contributed by atoms with van der Waals surface area (Å²) in [4.78, 5) is 16.1. The molecule has 4 aromatic rings. The van der Waals surface area contributed by atoms with Gasteiger partial charge in [0.2, 0.25) is 0 Å². The van der Waals surface area contributed by atoms with E-state index >= 15 is 0 Å². The molecule has 2 N–H and O–H groups in total. The summed E-state index contributed by atoms with van der Waals surface area (Å²) in [5.41, 5.74) is 2.71. The molecule has 0 saturated carbocycles. The molecule has 0 aliphatic rings. The maximum atomic E-state index is 11.5.